The largest absolute Gasteiger partial charge is 0.416 e. The van der Waals surface area contributed by atoms with Gasteiger partial charge in [-0.05, 0) is 43.4 Å². The first-order chi connectivity index (χ1) is 16.2. The van der Waals surface area contributed by atoms with E-state index in [-0.39, 0.29) is 17.7 Å². The summed E-state index contributed by atoms with van der Waals surface area (Å²) < 4.78 is 77.9. The molecule has 0 bridgehead atoms. The first-order valence-electron chi connectivity index (χ1n) is 10.1. The van der Waals surface area contributed by atoms with Gasteiger partial charge < -0.3 is 20.4 Å². The predicted octanol–water partition coefficient (Wildman–Crippen LogP) is 3.41. The molecule has 14 heteroatoms. The number of halogens is 6. The van der Waals surface area contributed by atoms with Gasteiger partial charge in [-0.1, -0.05) is 18.2 Å². The Bertz CT molecular complexity index is 1080. The number of carbonyl (C=O) groups is 1. The first kappa shape index (κ1) is 26.7. The number of rotatable bonds is 6. The standard InChI is InChI=1S/C21H20F6N4O3S/c1-10(31-17(33)14-4-2-3-5-15(14)18(31)34)16(32)9-28-30-19(35)29-13-7-11(20(22,23)24)6-12(8-13)21(25,26)27/h2-8,10,16-17,28,32-33H,9H2,1H3,(H2,29,30,35). The molecular weight excluding hydrogens is 502 g/mol. The van der Waals surface area contributed by atoms with Crippen LogP contribution in [-0.2, 0) is 12.4 Å². The van der Waals surface area contributed by atoms with Crippen molar-refractivity contribution >= 4 is 28.9 Å². The van der Waals surface area contributed by atoms with Gasteiger partial charge in [-0.2, -0.15) is 26.3 Å². The van der Waals surface area contributed by atoms with Crippen molar-refractivity contribution in [3.63, 3.8) is 0 Å². The van der Waals surface area contributed by atoms with Crippen LogP contribution >= 0.6 is 12.2 Å². The lowest BCUT2D eigenvalue weighted by molar-refractivity contribution is -0.143. The van der Waals surface area contributed by atoms with Crippen LogP contribution in [0.5, 0.6) is 0 Å². The Morgan fingerprint density at radius 1 is 1.09 bits per heavy atom. The minimum absolute atomic E-state index is 0.00991. The van der Waals surface area contributed by atoms with Crippen LogP contribution in [0, 0.1) is 0 Å². The Morgan fingerprint density at radius 2 is 1.66 bits per heavy atom. The summed E-state index contributed by atoms with van der Waals surface area (Å²) >= 11 is 4.89. The van der Waals surface area contributed by atoms with E-state index in [9.17, 15) is 41.4 Å². The van der Waals surface area contributed by atoms with Crippen molar-refractivity contribution in [3.8, 4) is 0 Å². The molecule has 0 aromatic heterocycles. The van der Waals surface area contributed by atoms with E-state index in [0.29, 0.717) is 23.3 Å². The van der Waals surface area contributed by atoms with Crippen molar-refractivity contribution in [1.82, 2.24) is 15.8 Å². The molecule has 0 saturated heterocycles. The molecule has 0 aliphatic carbocycles. The number of carbonyl (C=O) groups excluding carboxylic acids is 1. The number of aliphatic hydroxyl groups excluding tert-OH is 2. The zero-order chi connectivity index (χ0) is 26.1. The Balaban J connectivity index is 1.59. The number of aliphatic hydroxyl groups is 2. The molecule has 1 amide bonds. The van der Waals surface area contributed by atoms with Gasteiger partial charge in [-0.15, -0.1) is 0 Å². The third-order valence-electron chi connectivity index (χ3n) is 5.32. The average Bonchev–Trinajstić information content (AvgIpc) is 3.02. The van der Waals surface area contributed by atoms with Crippen LogP contribution in [0.15, 0.2) is 42.5 Å². The summed E-state index contributed by atoms with van der Waals surface area (Å²) in [6.07, 6.45) is -12.5. The van der Waals surface area contributed by atoms with Crippen molar-refractivity contribution < 1.29 is 41.4 Å². The van der Waals surface area contributed by atoms with E-state index >= 15 is 0 Å². The van der Waals surface area contributed by atoms with E-state index in [4.69, 9.17) is 12.2 Å². The van der Waals surface area contributed by atoms with Crippen LogP contribution in [-0.4, -0.2) is 44.8 Å². The zero-order valence-corrected chi connectivity index (χ0v) is 18.7. The summed E-state index contributed by atoms with van der Waals surface area (Å²) in [6.45, 7) is 1.25. The first-order valence-corrected chi connectivity index (χ1v) is 10.5. The lowest BCUT2D eigenvalue weighted by Gasteiger charge is -2.31. The van der Waals surface area contributed by atoms with Gasteiger partial charge in [0, 0.05) is 23.4 Å². The molecule has 35 heavy (non-hydrogen) atoms. The highest BCUT2D eigenvalue weighted by Gasteiger charge is 2.40. The van der Waals surface area contributed by atoms with Gasteiger partial charge in [0.1, 0.15) is 0 Å². The van der Waals surface area contributed by atoms with Gasteiger partial charge in [0.25, 0.3) is 5.91 Å². The number of benzene rings is 2. The molecule has 0 saturated carbocycles. The predicted molar refractivity (Wildman–Crippen MR) is 117 cm³/mol. The van der Waals surface area contributed by atoms with E-state index < -0.39 is 53.4 Å². The Labute approximate surface area is 200 Å². The lowest BCUT2D eigenvalue weighted by Crippen LogP contribution is -2.51. The van der Waals surface area contributed by atoms with Crippen molar-refractivity contribution in [3.05, 3.63) is 64.7 Å². The SMILES string of the molecule is CC(C(O)CNNC(=S)Nc1cc(C(F)(F)F)cc(C(F)(F)F)c1)N1C(=O)c2ccccc2C1O. The van der Waals surface area contributed by atoms with E-state index in [2.05, 4.69) is 16.2 Å². The molecule has 3 rings (SSSR count). The third kappa shape index (κ3) is 6.01. The summed E-state index contributed by atoms with van der Waals surface area (Å²) in [4.78, 5) is 13.7. The van der Waals surface area contributed by atoms with Crippen LogP contribution in [0.25, 0.3) is 0 Å². The number of alkyl halides is 6. The number of anilines is 1. The second kappa shape index (κ2) is 9.97. The Morgan fingerprint density at radius 3 is 2.20 bits per heavy atom. The zero-order valence-electron chi connectivity index (χ0n) is 17.9. The van der Waals surface area contributed by atoms with Gasteiger partial charge in [0.15, 0.2) is 11.3 Å². The van der Waals surface area contributed by atoms with Gasteiger partial charge in [0.2, 0.25) is 0 Å². The molecule has 2 aromatic rings. The smallest absolute Gasteiger partial charge is 0.390 e. The van der Waals surface area contributed by atoms with Crippen LogP contribution in [0.2, 0.25) is 0 Å². The molecule has 1 aliphatic heterocycles. The van der Waals surface area contributed by atoms with E-state index in [1.807, 2.05) is 0 Å². The number of amides is 1. The maximum Gasteiger partial charge on any atom is 0.416 e. The van der Waals surface area contributed by atoms with Gasteiger partial charge >= 0.3 is 12.4 Å². The number of thiocarbonyl (C=S) groups is 1. The normalized spacial score (nSPS) is 17.7. The highest BCUT2D eigenvalue weighted by molar-refractivity contribution is 7.80. The second-order valence-electron chi connectivity index (χ2n) is 7.74. The molecule has 1 aliphatic rings. The number of nitrogens with one attached hydrogen (secondary N) is 3. The molecule has 3 unspecified atom stereocenters. The summed E-state index contributed by atoms with van der Waals surface area (Å²) in [6, 6.07) is 6.48. The van der Waals surface area contributed by atoms with Gasteiger partial charge in [-0.3, -0.25) is 10.2 Å². The molecule has 2 aromatic carbocycles. The molecule has 0 spiro atoms. The molecule has 0 radical (unpaired) electrons. The molecule has 190 valence electrons. The Kier molecular flexibility index (Phi) is 7.59. The molecule has 5 N–H and O–H groups in total. The van der Waals surface area contributed by atoms with Crippen molar-refractivity contribution in [2.75, 3.05) is 11.9 Å². The van der Waals surface area contributed by atoms with Crippen molar-refractivity contribution in [2.24, 2.45) is 0 Å². The molecular formula is C21H20F6N4O3S. The summed E-state index contributed by atoms with van der Waals surface area (Å²) in [7, 11) is 0. The molecule has 1 heterocycles. The quantitative estimate of drug-likeness (QED) is 0.226. The van der Waals surface area contributed by atoms with Crippen LogP contribution in [0.4, 0.5) is 32.0 Å². The third-order valence-corrected chi connectivity index (χ3v) is 5.53. The number of nitrogens with zero attached hydrogens (tertiary/aromatic N) is 1. The van der Waals surface area contributed by atoms with E-state index in [0.717, 1.165) is 4.90 Å². The fraction of sp³-hybridized carbons (Fsp3) is 0.333. The number of hydrogen-bond donors (Lipinski definition) is 5. The van der Waals surface area contributed by atoms with E-state index in [1.54, 1.807) is 24.3 Å². The maximum atomic E-state index is 13.0. The molecule has 0 fully saturated rings. The summed E-state index contributed by atoms with van der Waals surface area (Å²) in [5.74, 6) is -0.477. The van der Waals surface area contributed by atoms with Crippen LogP contribution in [0.1, 0.15) is 40.2 Å². The fourth-order valence-corrected chi connectivity index (χ4v) is 3.70. The lowest BCUT2D eigenvalue weighted by atomic mass is 10.1. The van der Waals surface area contributed by atoms with Crippen molar-refractivity contribution in [2.45, 2.75) is 37.7 Å². The highest BCUT2D eigenvalue weighted by Crippen LogP contribution is 2.37. The molecule has 3 atom stereocenters. The second-order valence-corrected chi connectivity index (χ2v) is 8.14. The van der Waals surface area contributed by atoms with Crippen LogP contribution < -0.4 is 16.2 Å². The number of fused-ring (bicyclic) bond motifs is 1. The average molecular weight is 522 g/mol. The van der Waals surface area contributed by atoms with Crippen molar-refractivity contribution in [1.29, 1.82) is 0 Å². The minimum atomic E-state index is -5.01. The maximum absolute atomic E-state index is 13.0. The Hall–Kier alpha value is -2.94. The summed E-state index contributed by atoms with van der Waals surface area (Å²) in [5, 5.41) is 22.7. The van der Waals surface area contributed by atoms with E-state index in [1.165, 1.54) is 6.92 Å². The monoisotopic (exact) mass is 522 g/mol. The minimum Gasteiger partial charge on any atom is -0.390 e. The van der Waals surface area contributed by atoms with Gasteiger partial charge in [-0.25, -0.2) is 5.43 Å². The molecule has 7 nitrogen and oxygen atoms in total. The topological polar surface area (TPSA) is 96.9 Å². The fourth-order valence-electron chi connectivity index (χ4n) is 3.51. The van der Waals surface area contributed by atoms with Crippen LogP contribution in [0.3, 0.4) is 0 Å². The highest BCUT2D eigenvalue weighted by atomic mass is 32.1. The number of hydrazine groups is 1. The summed E-state index contributed by atoms with van der Waals surface area (Å²) in [5.41, 5.74) is 1.95. The number of hydrogen-bond acceptors (Lipinski definition) is 5. The van der Waals surface area contributed by atoms with Gasteiger partial charge in [0.05, 0.1) is 23.3 Å².